The lowest BCUT2D eigenvalue weighted by atomic mass is 10.3. The number of pyridine rings is 1. The van der Waals surface area contributed by atoms with E-state index in [-0.39, 0.29) is 0 Å². The first-order valence-corrected chi connectivity index (χ1v) is 6.30. The molecule has 0 aromatic carbocycles. The first-order valence-electron chi connectivity index (χ1n) is 5.89. The number of nitrogens with one attached hydrogen (secondary N) is 1. The van der Waals surface area contributed by atoms with Gasteiger partial charge in [-0.25, -0.2) is 0 Å². The molecule has 4 nitrogen and oxygen atoms in total. The van der Waals surface area contributed by atoms with Gasteiger partial charge in [0.25, 0.3) is 0 Å². The molecule has 0 saturated heterocycles. The van der Waals surface area contributed by atoms with E-state index in [1.165, 1.54) is 0 Å². The third-order valence-corrected chi connectivity index (χ3v) is 2.87. The van der Waals surface area contributed by atoms with Gasteiger partial charge in [-0.3, -0.25) is 4.98 Å². The van der Waals surface area contributed by atoms with Gasteiger partial charge in [0.15, 0.2) is 0 Å². The molecular weight excluding hydrogens is 232 g/mol. The molecule has 0 amide bonds. The van der Waals surface area contributed by atoms with E-state index in [1.54, 1.807) is 6.20 Å². The predicted molar refractivity (Wildman–Crippen MR) is 76.4 cm³/mol. The molecule has 1 rings (SSSR count). The number of hydrogen-bond donors (Lipinski definition) is 2. The molecule has 0 unspecified atom stereocenters. The van der Waals surface area contributed by atoms with E-state index in [0.29, 0.717) is 10.7 Å². The Kier molecular flexibility index (Phi) is 5.86. The van der Waals surface area contributed by atoms with Crippen LogP contribution in [0.4, 0.5) is 5.69 Å². The highest BCUT2D eigenvalue weighted by Gasteiger charge is 2.01. The average Bonchev–Trinajstić information content (AvgIpc) is 2.35. The van der Waals surface area contributed by atoms with Crippen LogP contribution in [0, 0.1) is 0 Å². The Morgan fingerprint density at radius 1 is 1.47 bits per heavy atom. The van der Waals surface area contributed by atoms with Crippen molar-refractivity contribution in [3.8, 4) is 0 Å². The maximum absolute atomic E-state index is 5.54. The minimum atomic E-state index is 0.331. The fourth-order valence-electron chi connectivity index (χ4n) is 1.57. The second-order valence-electron chi connectivity index (χ2n) is 3.75. The van der Waals surface area contributed by atoms with Crippen LogP contribution in [0.1, 0.15) is 19.5 Å². The Bertz CT molecular complexity index is 363. The van der Waals surface area contributed by atoms with Crippen LogP contribution < -0.4 is 11.1 Å². The summed E-state index contributed by atoms with van der Waals surface area (Å²) in [4.78, 5) is 6.79. The fourth-order valence-corrected chi connectivity index (χ4v) is 1.69. The topological polar surface area (TPSA) is 54.2 Å². The Balaban J connectivity index is 2.46. The van der Waals surface area contributed by atoms with E-state index in [2.05, 4.69) is 29.0 Å². The summed E-state index contributed by atoms with van der Waals surface area (Å²) >= 11 is 4.89. The lowest BCUT2D eigenvalue weighted by Gasteiger charge is -2.18. The molecule has 3 N–H and O–H groups in total. The zero-order chi connectivity index (χ0) is 12.7. The molecule has 17 heavy (non-hydrogen) atoms. The zero-order valence-corrected chi connectivity index (χ0v) is 11.3. The van der Waals surface area contributed by atoms with Crippen molar-refractivity contribution in [3.63, 3.8) is 0 Å². The SMILES string of the molecule is CCN(CC)CCNc1ccnc(C(N)=S)c1. The minimum absolute atomic E-state index is 0.331. The summed E-state index contributed by atoms with van der Waals surface area (Å²) in [5.41, 5.74) is 7.20. The molecule has 0 radical (unpaired) electrons. The second-order valence-corrected chi connectivity index (χ2v) is 4.19. The number of likely N-dealkylation sites (N-methyl/N-ethyl adjacent to an activating group) is 1. The van der Waals surface area contributed by atoms with Crippen LogP contribution in [-0.2, 0) is 0 Å². The number of anilines is 1. The maximum atomic E-state index is 5.54. The van der Waals surface area contributed by atoms with E-state index < -0.39 is 0 Å². The van der Waals surface area contributed by atoms with Crippen molar-refractivity contribution >= 4 is 22.9 Å². The molecule has 0 aliphatic heterocycles. The van der Waals surface area contributed by atoms with Crippen molar-refractivity contribution in [3.05, 3.63) is 24.0 Å². The zero-order valence-electron chi connectivity index (χ0n) is 10.4. The number of thiocarbonyl (C=S) groups is 1. The Hall–Kier alpha value is -1.20. The second kappa shape index (κ2) is 7.19. The highest BCUT2D eigenvalue weighted by Crippen LogP contribution is 2.07. The molecule has 1 aromatic heterocycles. The first-order chi connectivity index (χ1) is 8.17. The molecule has 5 heteroatoms. The van der Waals surface area contributed by atoms with Crippen molar-refractivity contribution in [1.29, 1.82) is 0 Å². The Labute approximate surface area is 108 Å². The van der Waals surface area contributed by atoms with E-state index in [9.17, 15) is 0 Å². The van der Waals surface area contributed by atoms with Crippen LogP contribution in [0.3, 0.4) is 0 Å². The third kappa shape index (κ3) is 4.66. The van der Waals surface area contributed by atoms with E-state index in [1.807, 2.05) is 12.1 Å². The summed E-state index contributed by atoms with van der Waals surface area (Å²) in [6.45, 7) is 8.42. The Morgan fingerprint density at radius 2 is 2.18 bits per heavy atom. The number of rotatable bonds is 7. The standard InChI is InChI=1S/C12H20N4S/c1-3-16(4-2)8-7-14-10-5-6-15-11(9-10)12(13)17/h5-6,9H,3-4,7-8H2,1-2H3,(H2,13,17)(H,14,15). The van der Waals surface area contributed by atoms with E-state index >= 15 is 0 Å². The largest absolute Gasteiger partial charge is 0.388 e. The van der Waals surface area contributed by atoms with Gasteiger partial charge >= 0.3 is 0 Å². The minimum Gasteiger partial charge on any atom is -0.388 e. The van der Waals surface area contributed by atoms with Crippen molar-refractivity contribution in [2.24, 2.45) is 5.73 Å². The lowest BCUT2D eigenvalue weighted by molar-refractivity contribution is 0.316. The average molecular weight is 252 g/mol. The Morgan fingerprint density at radius 3 is 2.76 bits per heavy atom. The van der Waals surface area contributed by atoms with Crippen LogP contribution in [-0.4, -0.2) is 41.1 Å². The van der Waals surface area contributed by atoms with Crippen LogP contribution in [0.25, 0.3) is 0 Å². The molecule has 0 fully saturated rings. The highest BCUT2D eigenvalue weighted by atomic mass is 32.1. The summed E-state index contributed by atoms with van der Waals surface area (Å²) in [6, 6.07) is 3.80. The normalized spacial score (nSPS) is 10.5. The van der Waals surface area contributed by atoms with Gasteiger partial charge in [0.05, 0.1) is 5.69 Å². The van der Waals surface area contributed by atoms with Crippen molar-refractivity contribution < 1.29 is 0 Å². The van der Waals surface area contributed by atoms with Gasteiger partial charge in [0.1, 0.15) is 4.99 Å². The highest BCUT2D eigenvalue weighted by molar-refractivity contribution is 7.80. The molecule has 0 aliphatic rings. The summed E-state index contributed by atoms with van der Waals surface area (Å²) < 4.78 is 0. The smallest absolute Gasteiger partial charge is 0.122 e. The lowest BCUT2D eigenvalue weighted by Crippen LogP contribution is -2.28. The van der Waals surface area contributed by atoms with E-state index in [0.717, 1.165) is 31.9 Å². The van der Waals surface area contributed by atoms with Gasteiger partial charge in [0.2, 0.25) is 0 Å². The summed E-state index contributed by atoms with van der Waals surface area (Å²) in [7, 11) is 0. The van der Waals surface area contributed by atoms with Crippen molar-refractivity contribution in [1.82, 2.24) is 9.88 Å². The molecule has 0 aliphatic carbocycles. The predicted octanol–water partition coefficient (Wildman–Crippen LogP) is 1.47. The maximum Gasteiger partial charge on any atom is 0.122 e. The molecule has 0 atom stereocenters. The number of nitrogens with zero attached hydrogens (tertiary/aromatic N) is 2. The quantitative estimate of drug-likeness (QED) is 0.720. The molecular formula is C12H20N4S. The number of hydrogen-bond acceptors (Lipinski definition) is 4. The molecule has 1 aromatic rings. The van der Waals surface area contributed by atoms with Crippen molar-refractivity contribution in [2.75, 3.05) is 31.5 Å². The van der Waals surface area contributed by atoms with Gasteiger partial charge in [0, 0.05) is 25.0 Å². The molecule has 94 valence electrons. The van der Waals surface area contributed by atoms with Gasteiger partial charge in [-0.05, 0) is 25.2 Å². The first kappa shape index (κ1) is 13.9. The van der Waals surface area contributed by atoms with Crippen LogP contribution in [0.2, 0.25) is 0 Å². The molecule has 0 saturated carbocycles. The fraction of sp³-hybridized carbons (Fsp3) is 0.500. The summed E-state index contributed by atoms with van der Waals surface area (Å²) in [5, 5.41) is 3.34. The van der Waals surface area contributed by atoms with Gasteiger partial charge < -0.3 is 16.0 Å². The van der Waals surface area contributed by atoms with E-state index in [4.69, 9.17) is 18.0 Å². The molecule has 1 heterocycles. The van der Waals surface area contributed by atoms with Crippen molar-refractivity contribution in [2.45, 2.75) is 13.8 Å². The molecule has 0 spiro atoms. The summed E-state index contributed by atoms with van der Waals surface area (Å²) in [5.74, 6) is 0. The van der Waals surface area contributed by atoms with Gasteiger partial charge in [-0.2, -0.15) is 0 Å². The van der Waals surface area contributed by atoms with Crippen LogP contribution in [0.5, 0.6) is 0 Å². The molecule has 0 bridgehead atoms. The third-order valence-electron chi connectivity index (χ3n) is 2.66. The number of nitrogens with two attached hydrogens (primary N) is 1. The van der Waals surface area contributed by atoms with Gasteiger partial charge in [-0.15, -0.1) is 0 Å². The summed E-state index contributed by atoms with van der Waals surface area (Å²) in [6.07, 6.45) is 1.72. The number of aromatic nitrogens is 1. The van der Waals surface area contributed by atoms with Crippen LogP contribution >= 0.6 is 12.2 Å². The monoisotopic (exact) mass is 252 g/mol. The van der Waals surface area contributed by atoms with Gasteiger partial charge in [-0.1, -0.05) is 26.1 Å². The van der Waals surface area contributed by atoms with Crippen LogP contribution in [0.15, 0.2) is 18.3 Å².